The molecular formula is C24H21Cl2N5O2S. The second kappa shape index (κ2) is 10.9. The van der Waals surface area contributed by atoms with Gasteiger partial charge in [-0.1, -0.05) is 35.3 Å². The molecule has 0 unspecified atom stereocenters. The number of amides is 2. The van der Waals surface area contributed by atoms with Gasteiger partial charge in [-0.2, -0.15) is 11.8 Å². The molecule has 0 atom stereocenters. The van der Waals surface area contributed by atoms with E-state index < -0.39 is 5.91 Å². The van der Waals surface area contributed by atoms with Crippen molar-refractivity contribution in [2.75, 3.05) is 35.2 Å². The number of hydrogen-bond donors (Lipinski definition) is 3. The topological polar surface area (TPSA) is 98.2 Å². The highest BCUT2D eigenvalue weighted by Gasteiger charge is 2.18. The summed E-state index contributed by atoms with van der Waals surface area (Å²) in [5, 5.41) is 14.7. The van der Waals surface area contributed by atoms with Crippen LogP contribution in [0.2, 0.25) is 10.0 Å². The minimum absolute atomic E-state index is 0.193. The number of anilines is 2. The Morgan fingerprint density at radius 1 is 0.882 bits per heavy atom. The van der Waals surface area contributed by atoms with Gasteiger partial charge in [0.1, 0.15) is 11.7 Å². The monoisotopic (exact) mass is 513 g/mol. The maximum absolute atomic E-state index is 12.9. The molecule has 0 bridgehead atoms. The molecule has 34 heavy (non-hydrogen) atoms. The van der Waals surface area contributed by atoms with Crippen LogP contribution in [0.3, 0.4) is 0 Å². The standard InChI is InChI=1S/C24H21Cl2N5O2S/c25-17-5-7-20(19(13-17)24(33)30-21-8-6-18(26)14-28-21)29-23(32)16-3-1-15(2-4-16)22(27)31-9-11-34-12-10-31/h1-8,13-14,27H,9-12H2,(H,29,32)(H,28,30,33). The third kappa shape index (κ3) is 5.88. The number of benzene rings is 2. The van der Waals surface area contributed by atoms with Gasteiger partial charge < -0.3 is 15.5 Å². The van der Waals surface area contributed by atoms with Crippen molar-refractivity contribution in [3.63, 3.8) is 0 Å². The number of carbonyl (C=O) groups is 2. The molecular weight excluding hydrogens is 493 g/mol. The number of pyridine rings is 1. The number of hydrogen-bond acceptors (Lipinski definition) is 5. The van der Waals surface area contributed by atoms with Crippen molar-refractivity contribution in [1.82, 2.24) is 9.88 Å². The first-order valence-corrected chi connectivity index (χ1v) is 12.4. The Hall–Kier alpha value is -3.07. The molecule has 2 aromatic carbocycles. The summed E-state index contributed by atoms with van der Waals surface area (Å²) in [6, 6.07) is 14.7. The summed E-state index contributed by atoms with van der Waals surface area (Å²) in [4.78, 5) is 31.8. The van der Waals surface area contributed by atoms with Crippen molar-refractivity contribution in [2.24, 2.45) is 0 Å². The van der Waals surface area contributed by atoms with Gasteiger partial charge in [0.15, 0.2) is 0 Å². The zero-order chi connectivity index (χ0) is 24.1. The van der Waals surface area contributed by atoms with E-state index in [0.717, 1.165) is 30.2 Å². The van der Waals surface area contributed by atoms with Crippen LogP contribution in [0.15, 0.2) is 60.8 Å². The maximum atomic E-state index is 12.9. The van der Waals surface area contributed by atoms with Gasteiger partial charge in [0.05, 0.1) is 16.3 Å². The van der Waals surface area contributed by atoms with Gasteiger partial charge in [-0.15, -0.1) is 0 Å². The molecule has 3 N–H and O–H groups in total. The molecule has 2 heterocycles. The van der Waals surface area contributed by atoms with E-state index in [4.69, 9.17) is 28.6 Å². The van der Waals surface area contributed by atoms with Gasteiger partial charge in [0, 0.05) is 46.9 Å². The molecule has 4 rings (SSSR count). The molecule has 0 radical (unpaired) electrons. The lowest BCUT2D eigenvalue weighted by Crippen LogP contribution is -2.37. The van der Waals surface area contributed by atoms with Crippen molar-refractivity contribution >= 4 is 64.1 Å². The third-order valence-corrected chi connectivity index (χ3v) is 6.59. The molecule has 10 heteroatoms. The number of halogens is 2. The first kappa shape index (κ1) is 24.1. The van der Waals surface area contributed by atoms with E-state index in [0.29, 0.717) is 32.9 Å². The van der Waals surface area contributed by atoms with Crippen LogP contribution in [0, 0.1) is 5.41 Å². The van der Waals surface area contributed by atoms with E-state index in [1.165, 1.54) is 12.3 Å². The average molecular weight is 514 g/mol. The van der Waals surface area contributed by atoms with Crippen LogP contribution in [-0.4, -0.2) is 52.1 Å². The molecule has 0 aliphatic carbocycles. The first-order valence-electron chi connectivity index (χ1n) is 10.5. The molecule has 0 saturated carbocycles. The van der Waals surface area contributed by atoms with E-state index in [1.807, 2.05) is 16.7 Å². The van der Waals surface area contributed by atoms with Crippen LogP contribution in [0.5, 0.6) is 0 Å². The van der Waals surface area contributed by atoms with E-state index in [9.17, 15) is 9.59 Å². The number of nitrogens with zero attached hydrogens (tertiary/aromatic N) is 2. The summed E-state index contributed by atoms with van der Waals surface area (Å²) in [5.41, 5.74) is 1.67. The molecule has 1 fully saturated rings. The minimum Gasteiger partial charge on any atom is -0.355 e. The number of carbonyl (C=O) groups excluding carboxylic acids is 2. The van der Waals surface area contributed by atoms with Crippen molar-refractivity contribution in [1.29, 1.82) is 5.41 Å². The molecule has 7 nitrogen and oxygen atoms in total. The quantitative estimate of drug-likeness (QED) is 0.319. The molecule has 1 aliphatic heterocycles. The van der Waals surface area contributed by atoms with Crippen LogP contribution in [0.1, 0.15) is 26.3 Å². The van der Waals surface area contributed by atoms with Gasteiger partial charge in [0.2, 0.25) is 0 Å². The second-order valence-electron chi connectivity index (χ2n) is 7.49. The summed E-state index contributed by atoms with van der Waals surface area (Å²) in [6.07, 6.45) is 1.42. The van der Waals surface area contributed by atoms with Gasteiger partial charge in [0.25, 0.3) is 11.8 Å². The predicted octanol–water partition coefficient (Wildman–Crippen LogP) is 5.27. The number of aromatic nitrogens is 1. The Labute approximate surface area is 211 Å². The van der Waals surface area contributed by atoms with E-state index in [1.54, 1.807) is 48.5 Å². The number of rotatable bonds is 5. The normalized spacial score (nSPS) is 13.3. The lowest BCUT2D eigenvalue weighted by molar-refractivity contribution is 0.102. The number of nitrogens with one attached hydrogen (secondary N) is 3. The van der Waals surface area contributed by atoms with Crippen LogP contribution >= 0.6 is 35.0 Å². The Balaban J connectivity index is 1.47. The van der Waals surface area contributed by atoms with Gasteiger partial charge in [-0.3, -0.25) is 15.0 Å². The smallest absolute Gasteiger partial charge is 0.258 e. The average Bonchev–Trinajstić information content (AvgIpc) is 2.86. The van der Waals surface area contributed by atoms with Crippen LogP contribution in [0.4, 0.5) is 11.5 Å². The number of thioether (sulfide) groups is 1. The number of amidine groups is 1. The van der Waals surface area contributed by atoms with Gasteiger partial charge in [-0.25, -0.2) is 4.98 Å². The predicted molar refractivity (Wildman–Crippen MR) is 139 cm³/mol. The lowest BCUT2D eigenvalue weighted by atomic mass is 10.1. The van der Waals surface area contributed by atoms with Gasteiger partial charge >= 0.3 is 0 Å². The van der Waals surface area contributed by atoms with Crippen molar-refractivity contribution in [3.8, 4) is 0 Å². The fourth-order valence-electron chi connectivity index (χ4n) is 3.39. The molecule has 1 saturated heterocycles. The zero-order valence-electron chi connectivity index (χ0n) is 18.0. The molecule has 1 aliphatic rings. The molecule has 3 aromatic rings. The summed E-state index contributed by atoms with van der Waals surface area (Å²) in [5.74, 6) is 1.93. The summed E-state index contributed by atoms with van der Waals surface area (Å²) in [6.45, 7) is 1.69. The molecule has 174 valence electrons. The molecule has 1 aromatic heterocycles. The maximum Gasteiger partial charge on any atom is 0.258 e. The fraction of sp³-hybridized carbons (Fsp3) is 0.167. The van der Waals surface area contributed by atoms with E-state index in [-0.39, 0.29) is 11.5 Å². The summed E-state index contributed by atoms with van der Waals surface area (Å²) < 4.78 is 0. The lowest BCUT2D eigenvalue weighted by Gasteiger charge is -2.28. The Kier molecular flexibility index (Phi) is 7.72. The SMILES string of the molecule is N=C(c1ccc(C(=O)Nc2ccc(Cl)cc2C(=O)Nc2ccc(Cl)cn2)cc1)N1CCSCC1. The summed E-state index contributed by atoms with van der Waals surface area (Å²) >= 11 is 13.8. The Morgan fingerprint density at radius 2 is 1.56 bits per heavy atom. The van der Waals surface area contributed by atoms with E-state index >= 15 is 0 Å². The first-order chi connectivity index (χ1) is 16.4. The van der Waals surface area contributed by atoms with Crippen LogP contribution in [0.25, 0.3) is 0 Å². The van der Waals surface area contributed by atoms with Crippen molar-refractivity contribution < 1.29 is 9.59 Å². The van der Waals surface area contributed by atoms with Crippen molar-refractivity contribution in [2.45, 2.75) is 0 Å². The second-order valence-corrected chi connectivity index (χ2v) is 9.58. The third-order valence-electron chi connectivity index (χ3n) is 5.19. The van der Waals surface area contributed by atoms with Crippen LogP contribution in [-0.2, 0) is 0 Å². The Bertz CT molecular complexity index is 1210. The van der Waals surface area contributed by atoms with Gasteiger partial charge in [-0.05, 0) is 42.5 Å². The Morgan fingerprint density at radius 3 is 2.24 bits per heavy atom. The molecule has 0 spiro atoms. The highest BCUT2D eigenvalue weighted by molar-refractivity contribution is 7.99. The highest BCUT2D eigenvalue weighted by Crippen LogP contribution is 2.23. The van der Waals surface area contributed by atoms with Crippen molar-refractivity contribution in [3.05, 3.63) is 87.5 Å². The van der Waals surface area contributed by atoms with E-state index in [2.05, 4.69) is 15.6 Å². The minimum atomic E-state index is -0.476. The highest BCUT2D eigenvalue weighted by atomic mass is 35.5. The fourth-order valence-corrected chi connectivity index (χ4v) is 4.58. The molecule has 2 amide bonds. The van der Waals surface area contributed by atoms with Crippen LogP contribution < -0.4 is 10.6 Å². The zero-order valence-corrected chi connectivity index (χ0v) is 20.3. The summed E-state index contributed by atoms with van der Waals surface area (Å²) in [7, 11) is 0. The largest absolute Gasteiger partial charge is 0.355 e.